The summed E-state index contributed by atoms with van der Waals surface area (Å²) in [6.07, 6.45) is 0. The maximum atomic E-state index is 2.28. The number of rotatable bonds is 2. The molecule has 0 amide bonds. The second-order valence-electron chi connectivity index (χ2n) is 2.37. The van der Waals surface area contributed by atoms with E-state index >= 15 is 0 Å². The van der Waals surface area contributed by atoms with Crippen molar-refractivity contribution in [1.82, 2.24) is 0 Å². The normalized spacial score (nSPS) is 8.92. The summed E-state index contributed by atoms with van der Waals surface area (Å²) in [4.78, 5) is 0. The summed E-state index contributed by atoms with van der Waals surface area (Å²) in [6, 6.07) is 10.7. The molecule has 0 aliphatic rings. The van der Waals surface area contributed by atoms with Crippen molar-refractivity contribution in [2.24, 2.45) is 0 Å². The summed E-state index contributed by atoms with van der Waals surface area (Å²) < 4.78 is 2.39. The van der Waals surface area contributed by atoms with Gasteiger partial charge >= 0.3 is 70.0 Å². The second-order valence-corrected chi connectivity index (χ2v) is 5.88. The molecule has 3 heteroatoms. The predicted molar refractivity (Wildman–Crippen MR) is 55.7 cm³/mol. The van der Waals surface area contributed by atoms with Crippen molar-refractivity contribution in [2.75, 3.05) is 0 Å². The predicted octanol–water partition coefficient (Wildman–Crippen LogP) is 3.07. The van der Waals surface area contributed by atoms with Crippen LogP contribution in [0.25, 0.3) is 0 Å². The van der Waals surface area contributed by atoms with Gasteiger partial charge in [0.15, 0.2) is 0 Å². The largest absolute Gasteiger partial charge is 0.147 e. The van der Waals surface area contributed by atoms with Gasteiger partial charge in [-0.1, -0.05) is 0 Å². The fourth-order valence-corrected chi connectivity index (χ4v) is 2.54. The molecule has 1 aromatic carbocycles. The molecule has 0 saturated carbocycles. The fourth-order valence-electron chi connectivity index (χ4n) is 0.714. The molecular weight excluding hydrogens is 280 g/mol. The minimum atomic E-state index is 0. The number of hydrogen-bond acceptors (Lipinski definition) is 0. The molecule has 0 fully saturated rings. The van der Waals surface area contributed by atoms with Crippen molar-refractivity contribution in [1.29, 1.82) is 0 Å². The van der Waals surface area contributed by atoms with E-state index in [9.17, 15) is 0 Å². The van der Waals surface area contributed by atoms with Crippen molar-refractivity contribution in [2.45, 2.75) is 18.4 Å². The van der Waals surface area contributed by atoms with E-state index in [1.54, 1.807) is 0 Å². The van der Waals surface area contributed by atoms with Gasteiger partial charge in [-0.3, -0.25) is 0 Å². The number of benzene rings is 1. The van der Waals surface area contributed by atoms with Crippen molar-refractivity contribution in [3.63, 3.8) is 0 Å². The van der Waals surface area contributed by atoms with Gasteiger partial charge in [-0.25, -0.2) is 0 Å². The molecule has 0 aliphatic carbocycles. The van der Waals surface area contributed by atoms with Gasteiger partial charge in [-0.15, -0.1) is 24.8 Å². The Labute approximate surface area is 94.6 Å². The molecule has 0 heterocycles. The zero-order chi connectivity index (χ0) is 7.40. The number of hydrogen-bond donors (Lipinski definition) is 0. The summed E-state index contributed by atoms with van der Waals surface area (Å²) in [6.45, 7) is 4.57. The van der Waals surface area contributed by atoms with Crippen molar-refractivity contribution in [3.05, 3.63) is 30.3 Å². The molecule has 0 unspecified atom stereocenters. The summed E-state index contributed by atoms with van der Waals surface area (Å²) in [5.41, 5.74) is 0. The van der Waals surface area contributed by atoms with Gasteiger partial charge in [-0.2, -0.15) is 0 Å². The van der Waals surface area contributed by atoms with E-state index in [2.05, 4.69) is 44.2 Å². The van der Waals surface area contributed by atoms with E-state index in [0.717, 1.165) is 4.51 Å². The molecule has 0 radical (unpaired) electrons. The molecule has 1 rings (SSSR count). The van der Waals surface area contributed by atoms with Crippen LogP contribution < -0.4 is 4.16 Å². The third-order valence-corrected chi connectivity index (χ3v) is 3.21. The summed E-state index contributed by atoms with van der Waals surface area (Å²) >= 11 is 0.436. The Hall–Kier alpha value is 0.423. The first-order valence-corrected chi connectivity index (χ1v) is 5.32. The molecule has 12 heavy (non-hydrogen) atoms. The maximum Gasteiger partial charge on any atom is -0.147 e. The fraction of sp³-hybridized carbons (Fsp3) is 0.333. The van der Waals surface area contributed by atoms with Crippen LogP contribution in [-0.4, -0.2) is 0 Å². The third kappa shape index (κ3) is 6.00. The maximum absolute atomic E-state index is 2.28. The topological polar surface area (TPSA) is 0 Å². The zero-order valence-corrected chi connectivity index (χ0v) is 10.5. The molecule has 0 aromatic heterocycles. The van der Waals surface area contributed by atoms with Crippen molar-refractivity contribution >= 4 is 29.0 Å². The molecule has 0 bridgehead atoms. The Morgan fingerprint density at radius 2 is 1.50 bits per heavy atom. The quantitative estimate of drug-likeness (QED) is 0.735. The van der Waals surface area contributed by atoms with E-state index in [0.29, 0.717) is 17.1 Å². The minimum Gasteiger partial charge on any atom is -0.147 e. The number of halogens is 2. The molecule has 0 nitrogen and oxygen atoms in total. The summed E-state index contributed by atoms with van der Waals surface area (Å²) in [7, 11) is 0. The van der Waals surface area contributed by atoms with Crippen LogP contribution in [0.15, 0.2) is 30.3 Å². The Bertz CT molecular complexity index is 187. The molecule has 0 spiro atoms. The van der Waals surface area contributed by atoms with Crippen LogP contribution in [0, 0.1) is 0 Å². The molecule has 0 atom stereocenters. The zero-order valence-electron chi connectivity index (χ0n) is 7.13. The van der Waals surface area contributed by atoms with Gasteiger partial charge in [0, 0.05) is 0 Å². The Balaban J connectivity index is 0. The van der Waals surface area contributed by atoms with Gasteiger partial charge in [0.1, 0.15) is 0 Å². The minimum absolute atomic E-state index is 0. The van der Waals surface area contributed by atoms with E-state index < -0.39 is 0 Å². The molecular formula is C9H14Cl2Ru. The average molecular weight is 294 g/mol. The van der Waals surface area contributed by atoms with E-state index in [1.807, 2.05) is 0 Å². The van der Waals surface area contributed by atoms with Crippen molar-refractivity contribution < 1.29 is 17.1 Å². The first kappa shape index (κ1) is 14.9. The van der Waals surface area contributed by atoms with Crippen LogP contribution in [0.5, 0.6) is 0 Å². The van der Waals surface area contributed by atoms with Crippen LogP contribution in [0.1, 0.15) is 13.8 Å². The average Bonchev–Trinajstić information content (AvgIpc) is 1.88. The van der Waals surface area contributed by atoms with Gasteiger partial charge in [0.05, 0.1) is 0 Å². The molecule has 0 N–H and O–H groups in total. The van der Waals surface area contributed by atoms with Crippen LogP contribution >= 0.6 is 24.8 Å². The Morgan fingerprint density at radius 1 is 1.00 bits per heavy atom. The smallest absolute Gasteiger partial charge is 0.147 e. The third-order valence-electron chi connectivity index (χ3n) is 1.05. The standard InChI is InChI=1S/C6H5.C3H7.2ClH.Ru/c1-2-4-6-5-3-1;1-3-2;;;/h1-5H;3H,1-2H3;2*1H;. The Morgan fingerprint density at radius 3 is 1.92 bits per heavy atom. The van der Waals surface area contributed by atoms with Gasteiger partial charge in [0.25, 0.3) is 0 Å². The monoisotopic (exact) mass is 294 g/mol. The summed E-state index contributed by atoms with van der Waals surface area (Å²) in [5.74, 6) is 0. The molecule has 72 valence electrons. The van der Waals surface area contributed by atoms with Gasteiger partial charge in [0.2, 0.25) is 0 Å². The van der Waals surface area contributed by atoms with E-state index in [1.165, 1.54) is 4.16 Å². The van der Waals surface area contributed by atoms with Gasteiger partial charge in [-0.05, 0) is 0 Å². The van der Waals surface area contributed by atoms with Crippen molar-refractivity contribution in [3.8, 4) is 0 Å². The SMILES string of the molecule is C[CH](C)[Ru][c]1ccccc1.Cl.Cl. The van der Waals surface area contributed by atoms with Crippen LogP contribution in [-0.2, 0) is 17.1 Å². The van der Waals surface area contributed by atoms with Crippen LogP contribution in [0.4, 0.5) is 0 Å². The first-order valence-electron chi connectivity index (χ1n) is 3.45. The second kappa shape index (κ2) is 8.04. The molecule has 0 aliphatic heterocycles. The molecule has 1 aromatic rings. The van der Waals surface area contributed by atoms with Crippen LogP contribution in [0.3, 0.4) is 0 Å². The summed E-state index contributed by atoms with van der Waals surface area (Å²) in [5, 5.41) is 0. The van der Waals surface area contributed by atoms with Gasteiger partial charge < -0.3 is 0 Å². The first-order chi connectivity index (χ1) is 4.79. The van der Waals surface area contributed by atoms with E-state index in [4.69, 9.17) is 0 Å². The van der Waals surface area contributed by atoms with E-state index in [-0.39, 0.29) is 24.8 Å². The molecule has 0 saturated heterocycles. The Kier molecular flexibility index (Phi) is 10.00. The van der Waals surface area contributed by atoms with Crippen LogP contribution in [0.2, 0.25) is 4.51 Å².